The van der Waals surface area contributed by atoms with Crippen molar-refractivity contribution in [1.82, 2.24) is 15.2 Å². The lowest BCUT2D eigenvalue weighted by atomic mass is 9.79. The number of aryl methyl sites for hydroxylation is 1. The molecule has 1 aromatic carbocycles. The van der Waals surface area contributed by atoms with Crippen molar-refractivity contribution >= 4 is 17.2 Å². The Balaban J connectivity index is 1.48. The van der Waals surface area contributed by atoms with Crippen LogP contribution in [0, 0.1) is 12.8 Å². The Morgan fingerprint density at radius 3 is 2.62 bits per heavy atom. The second-order valence-electron chi connectivity index (χ2n) is 7.01. The van der Waals surface area contributed by atoms with Crippen molar-refractivity contribution in [2.45, 2.75) is 38.8 Å². The number of piperidine rings is 3. The quantitative estimate of drug-likeness (QED) is 0.931. The molecule has 4 heterocycles. The van der Waals surface area contributed by atoms with Crippen LogP contribution in [0.1, 0.15) is 35.0 Å². The summed E-state index contributed by atoms with van der Waals surface area (Å²) >= 11 is 1.47. The number of carbonyl (C=O) groups is 1. The topological polar surface area (TPSA) is 45.2 Å². The first-order valence-corrected chi connectivity index (χ1v) is 9.51. The molecule has 3 aliphatic heterocycles. The number of benzene rings is 1. The highest BCUT2D eigenvalue weighted by Crippen LogP contribution is 2.32. The second-order valence-corrected chi connectivity index (χ2v) is 8.04. The van der Waals surface area contributed by atoms with Crippen molar-refractivity contribution in [3.05, 3.63) is 40.9 Å². The van der Waals surface area contributed by atoms with E-state index >= 15 is 0 Å². The van der Waals surface area contributed by atoms with E-state index in [0.717, 1.165) is 10.6 Å². The zero-order valence-corrected chi connectivity index (χ0v) is 15.0. The molecule has 4 nitrogen and oxygen atoms in total. The predicted octanol–water partition coefficient (Wildman–Crippen LogP) is 3.33. The Labute approximate surface area is 146 Å². The molecule has 1 aromatic heterocycles. The molecule has 5 rings (SSSR count). The highest BCUT2D eigenvalue weighted by Gasteiger charge is 2.40. The molecule has 0 radical (unpaired) electrons. The van der Waals surface area contributed by atoms with Crippen molar-refractivity contribution in [3.63, 3.8) is 0 Å². The molecule has 3 fully saturated rings. The van der Waals surface area contributed by atoms with E-state index in [-0.39, 0.29) is 11.9 Å². The summed E-state index contributed by atoms with van der Waals surface area (Å²) in [5.41, 5.74) is 2.30. The molecular weight excluding hydrogens is 318 g/mol. The number of aromatic nitrogens is 1. The van der Waals surface area contributed by atoms with Crippen molar-refractivity contribution in [2.24, 2.45) is 5.92 Å². The minimum absolute atomic E-state index is 0.0245. The molecule has 0 aliphatic carbocycles. The molecule has 1 N–H and O–H groups in total. The summed E-state index contributed by atoms with van der Waals surface area (Å²) in [6.07, 6.45) is 4.11. The average molecular weight is 341 g/mol. The molecule has 126 valence electrons. The van der Waals surface area contributed by atoms with Gasteiger partial charge in [-0.1, -0.05) is 29.8 Å². The third kappa shape index (κ3) is 2.87. The molecule has 3 saturated heterocycles. The van der Waals surface area contributed by atoms with Crippen molar-refractivity contribution in [3.8, 4) is 10.6 Å². The van der Waals surface area contributed by atoms with Crippen LogP contribution >= 0.6 is 11.3 Å². The van der Waals surface area contributed by atoms with Gasteiger partial charge in [0, 0.05) is 17.6 Å². The van der Waals surface area contributed by atoms with Crippen LogP contribution in [-0.2, 0) is 0 Å². The third-order valence-electron chi connectivity index (χ3n) is 5.50. The summed E-state index contributed by atoms with van der Waals surface area (Å²) < 4.78 is 0. The van der Waals surface area contributed by atoms with E-state index in [1.807, 2.05) is 0 Å². The van der Waals surface area contributed by atoms with Crippen molar-refractivity contribution < 1.29 is 4.79 Å². The van der Waals surface area contributed by atoms with Crippen LogP contribution in [0.25, 0.3) is 10.6 Å². The predicted molar refractivity (Wildman–Crippen MR) is 97.3 cm³/mol. The fourth-order valence-electron chi connectivity index (χ4n) is 3.98. The molecule has 24 heavy (non-hydrogen) atoms. The smallest absolute Gasteiger partial charge is 0.263 e. The number of rotatable bonds is 3. The van der Waals surface area contributed by atoms with Crippen LogP contribution < -0.4 is 5.32 Å². The summed E-state index contributed by atoms with van der Waals surface area (Å²) in [7, 11) is 0. The Hall–Kier alpha value is -1.72. The molecule has 1 amide bonds. The van der Waals surface area contributed by atoms with E-state index < -0.39 is 0 Å². The SMILES string of the molecule is Cc1ccc(-c2ncc(C(=O)NC3C4CCN(CC4)C3C)s2)cc1. The van der Waals surface area contributed by atoms with Crippen LogP contribution in [0.4, 0.5) is 0 Å². The Bertz CT molecular complexity index is 729. The maximum absolute atomic E-state index is 12.7. The minimum atomic E-state index is 0.0245. The fraction of sp³-hybridized carbons (Fsp3) is 0.474. The Morgan fingerprint density at radius 2 is 1.96 bits per heavy atom. The van der Waals surface area contributed by atoms with Crippen LogP contribution in [0.5, 0.6) is 0 Å². The number of carbonyl (C=O) groups excluding carboxylic acids is 1. The molecule has 2 atom stereocenters. The highest BCUT2D eigenvalue weighted by molar-refractivity contribution is 7.16. The first-order valence-electron chi connectivity index (χ1n) is 8.69. The van der Waals surface area contributed by atoms with Gasteiger partial charge in [-0.15, -0.1) is 11.3 Å². The monoisotopic (exact) mass is 341 g/mol. The standard InChI is InChI=1S/C19H23N3OS/c1-12-3-5-15(6-4-12)19-20-11-16(24-19)18(23)21-17-13(2)22-9-7-14(17)8-10-22/h3-6,11,13-14,17H,7-10H2,1-2H3,(H,21,23). The van der Waals surface area contributed by atoms with Gasteiger partial charge in [0.2, 0.25) is 0 Å². The van der Waals surface area contributed by atoms with E-state index in [9.17, 15) is 4.79 Å². The van der Waals surface area contributed by atoms with Crippen LogP contribution in [0.15, 0.2) is 30.5 Å². The molecular formula is C19H23N3OS. The van der Waals surface area contributed by atoms with E-state index in [4.69, 9.17) is 0 Å². The molecule has 3 aliphatic rings. The normalized spacial score (nSPS) is 28.8. The third-order valence-corrected chi connectivity index (χ3v) is 6.55. The molecule has 0 spiro atoms. The summed E-state index contributed by atoms with van der Waals surface area (Å²) in [5, 5.41) is 4.18. The number of nitrogens with one attached hydrogen (secondary N) is 1. The molecule has 2 unspecified atom stereocenters. The number of amides is 1. The largest absolute Gasteiger partial charge is 0.347 e. The van der Waals surface area contributed by atoms with Crippen molar-refractivity contribution in [2.75, 3.05) is 13.1 Å². The van der Waals surface area contributed by atoms with Gasteiger partial charge >= 0.3 is 0 Å². The molecule has 5 heteroatoms. The second kappa shape index (κ2) is 6.30. The van der Waals surface area contributed by atoms with Crippen LogP contribution in [-0.4, -0.2) is 41.0 Å². The van der Waals surface area contributed by atoms with E-state index in [2.05, 4.69) is 53.3 Å². The number of hydrogen-bond donors (Lipinski definition) is 1. The summed E-state index contributed by atoms with van der Waals surface area (Å²) in [6, 6.07) is 8.98. The van der Waals surface area contributed by atoms with E-state index in [1.54, 1.807) is 6.20 Å². The highest BCUT2D eigenvalue weighted by atomic mass is 32.1. The van der Waals surface area contributed by atoms with Gasteiger partial charge in [-0.3, -0.25) is 9.69 Å². The maximum atomic E-state index is 12.7. The van der Waals surface area contributed by atoms with Gasteiger partial charge in [-0.2, -0.15) is 0 Å². The summed E-state index contributed by atoms with van der Waals surface area (Å²) in [5.74, 6) is 0.648. The van der Waals surface area contributed by atoms with Gasteiger partial charge in [0.25, 0.3) is 5.91 Å². The number of fused-ring (bicyclic) bond motifs is 3. The van der Waals surface area contributed by atoms with Crippen LogP contribution in [0.3, 0.4) is 0 Å². The summed E-state index contributed by atoms with van der Waals surface area (Å²) in [6.45, 7) is 6.66. The zero-order chi connectivity index (χ0) is 16.7. The molecule has 2 aromatic rings. The van der Waals surface area contributed by atoms with Gasteiger partial charge in [-0.05, 0) is 45.7 Å². The van der Waals surface area contributed by atoms with Gasteiger partial charge in [-0.25, -0.2) is 4.98 Å². The summed E-state index contributed by atoms with van der Waals surface area (Å²) in [4.78, 5) is 20.3. The van der Waals surface area contributed by atoms with Crippen molar-refractivity contribution in [1.29, 1.82) is 0 Å². The molecule has 0 saturated carbocycles. The number of nitrogens with zero attached hydrogens (tertiary/aromatic N) is 2. The van der Waals surface area contributed by atoms with Gasteiger partial charge in [0.1, 0.15) is 9.88 Å². The van der Waals surface area contributed by atoms with Crippen LogP contribution in [0.2, 0.25) is 0 Å². The van der Waals surface area contributed by atoms with Gasteiger partial charge < -0.3 is 5.32 Å². The fourth-order valence-corrected chi connectivity index (χ4v) is 4.80. The van der Waals surface area contributed by atoms with E-state index in [1.165, 1.54) is 42.8 Å². The number of thiazole rings is 1. The lowest BCUT2D eigenvalue weighted by Gasteiger charge is -2.49. The lowest BCUT2D eigenvalue weighted by Crippen LogP contribution is -2.62. The first kappa shape index (κ1) is 15.8. The molecule has 2 bridgehead atoms. The maximum Gasteiger partial charge on any atom is 0.263 e. The Morgan fingerprint density at radius 1 is 1.25 bits per heavy atom. The first-order chi connectivity index (χ1) is 11.6. The lowest BCUT2D eigenvalue weighted by molar-refractivity contribution is 0.0218. The zero-order valence-electron chi connectivity index (χ0n) is 14.2. The van der Waals surface area contributed by atoms with Gasteiger partial charge in [0.15, 0.2) is 0 Å². The average Bonchev–Trinajstić information content (AvgIpc) is 3.09. The van der Waals surface area contributed by atoms with E-state index in [0.29, 0.717) is 16.8 Å². The Kier molecular flexibility index (Phi) is 4.14. The van der Waals surface area contributed by atoms with Gasteiger partial charge in [0.05, 0.1) is 6.20 Å². The number of hydrogen-bond acceptors (Lipinski definition) is 4. The minimum Gasteiger partial charge on any atom is -0.347 e.